The number of cyclic esters (lactones) is 1. The Morgan fingerprint density at radius 3 is 2.34 bits per heavy atom. The molecule has 0 saturated heterocycles. The Hall–Kier alpha value is -7.84. The quantitative estimate of drug-likeness (QED) is 0.0833. The van der Waals surface area contributed by atoms with E-state index in [1.165, 1.54) is 32.3 Å². The van der Waals surface area contributed by atoms with E-state index in [2.05, 4.69) is 5.16 Å². The van der Waals surface area contributed by atoms with Crippen LogP contribution in [0.3, 0.4) is 0 Å². The molecule has 3 aliphatic rings. The van der Waals surface area contributed by atoms with Crippen LogP contribution in [0, 0.1) is 37.3 Å². The monoisotopic (exact) mass is 802 g/mol. The summed E-state index contributed by atoms with van der Waals surface area (Å²) in [6.45, 7) is 3.94. The summed E-state index contributed by atoms with van der Waals surface area (Å²) in [4.78, 5) is 96.7. The maximum Gasteiger partial charge on any atom is 0.355 e. The van der Waals surface area contributed by atoms with Crippen LogP contribution in [0.2, 0.25) is 0 Å². The summed E-state index contributed by atoms with van der Waals surface area (Å²) in [5.74, 6) is -2.31. The lowest BCUT2D eigenvalue weighted by atomic mass is 9.85. The number of nitrogens with zero attached hydrogens (tertiary/aromatic N) is 6. The Balaban J connectivity index is 1.16. The minimum atomic E-state index is -2.14. The number of hydrogen-bond donors (Lipinski definition) is 0. The van der Waals surface area contributed by atoms with Gasteiger partial charge in [0.15, 0.2) is 0 Å². The highest BCUT2D eigenvalue weighted by Gasteiger charge is 2.51. The summed E-state index contributed by atoms with van der Waals surface area (Å²) in [7, 11) is 1.28. The number of non-ortho nitro benzene ring substituents is 2. The maximum atomic E-state index is 14.0. The fourth-order valence-electron chi connectivity index (χ4n) is 7.73. The van der Waals surface area contributed by atoms with Gasteiger partial charge in [0.05, 0.1) is 55.4 Å². The Bertz CT molecular complexity index is 2910. The zero-order chi connectivity index (χ0) is 42.2. The number of aromatic nitrogens is 2. The van der Waals surface area contributed by atoms with Crippen molar-refractivity contribution in [2.45, 2.75) is 52.0 Å². The molecule has 2 aromatic heterocycles. The number of hydrogen-bond acceptors (Lipinski definition) is 16. The van der Waals surface area contributed by atoms with Gasteiger partial charge in [-0.3, -0.25) is 39.9 Å². The highest BCUT2D eigenvalue weighted by molar-refractivity contribution is 6.55. The van der Waals surface area contributed by atoms with Crippen LogP contribution in [0.15, 0.2) is 64.5 Å². The maximum absolute atomic E-state index is 14.0. The number of fused-ring (bicyclic) bond motifs is 8. The largest absolute Gasteiger partial charge is 0.457 e. The predicted molar refractivity (Wildman–Crippen MR) is 206 cm³/mol. The number of nitro groups is 3. The number of nitro benzene ring substituents is 3. The van der Waals surface area contributed by atoms with Crippen LogP contribution in [0.5, 0.6) is 5.75 Å². The molecule has 0 N–H and O–H groups in total. The number of rotatable bonds is 9. The minimum Gasteiger partial charge on any atom is -0.457 e. The normalized spacial score (nSPS) is 16.9. The highest BCUT2D eigenvalue weighted by atomic mass is 16.7. The van der Waals surface area contributed by atoms with Crippen molar-refractivity contribution in [1.82, 2.24) is 9.55 Å². The number of carbonyl (C=O) groups excluding carboxylic acids is 3. The zero-order valence-corrected chi connectivity index (χ0v) is 31.3. The Kier molecular flexibility index (Phi) is 8.82. The van der Waals surface area contributed by atoms with Gasteiger partial charge in [0.1, 0.15) is 18.1 Å². The highest BCUT2D eigenvalue weighted by Crippen LogP contribution is 2.48. The zero-order valence-electron chi connectivity index (χ0n) is 31.3. The molecular formula is C38H27BN6O14. The van der Waals surface area contributed by atoms with Crippen molar-refractivity contribution in [1.29, 1.82) is 0 Å². The van der Waals surface area contributed by atoms with Crippen molar-refractivity contribution in [3.8, 4) is 28.3 Å². The van der Waals surface area contributed by atoms with Gasteiger partial charge in [-0.15, -0.1) is 0 Å². The van der Waals surface area contributed by atoms with Gasteiger partial charge in [0, 0.05) is 51.4 Å². The van der Waals surface area contributed by atoms with Gasteiger partial charge in [-0.25, -0.2) is 14.6 Å². The molecule has 8 rings (SSSR count). The molecule has 0 unspecified atom stereocenters. The smallest absolute Gasteiger partial charge is 0.355 e. The van der Waals surface area contributed by atoms with E-state index in [4.69, 9.17) is 24.0 Å². The predicted octanol–water partition coefficient (Wildman–Crippen LogP) is 4.63. The number of pyridine rings is 2. The molecule has 1 aliphatic carbocycles. The minimum absolute atomic E-state index is 0.0217. The first kappa shape index (κ1) is 38.1. The van der Waals surface area contributed by atoms with Crippen LogP contribution in [-0.2, 0) is 42.7 Å². The van der Waals surface area contributed by atoms with E-state index >= 15 is 0 Å². The van der Waals surface area contributed by atoms with E-state index in [0.717, 1.165) is 18.2 Å². The number of ether oxygens (including phenoxy) is 3. The molecule has 3 aromatic carbocycles. The molecule has 0 amide bonds. The van der Waals surface area contributed by atoms with Gasteiger partial charge in [-0.05, 0) is 56.2 Å². The summed E-state index contributed by atoms with van der Waals surface area (Å²) in [6, 6.07) is 12.3. The van der Waals surface area contributed by atoms with E-state index in [1.807, 2.05) is 6.07 Å². The average Bonchev–Trinajstić information content (AvgIpc) is 3.71. The molecule has 296 valence electrons. The molecule has 0 radical (unpaired) electrons. The summed E-state index contributed by atoms with van der Waals surface area (Å²) in [6.07, 6.45) is -1.82. The molecular weight excluding hydrogens is 775 g/mol. The SMILES string of the molecule is BC(=O)Oc1ccc2nc3c(cc2c1)Cn1c-3cc2c(c1=O)COC(=O)[C@@]2(CC)OC(=O)[C@H](C)O/N=C1/c2cc([N+](=O)[O-])cc(C)c2-c2c1cc([N+](=O)[O-])cc2[N+](=O)[O-]. The molecule has 0 saturated carbocycles. The first-order valence-electron chi connectivity index (χ1n) is 17.8. The van der Waals surface area contributed by atoms with Crippen molar-refractivity contribution >= 4 is 59.3 Å². The molecule has 21 heteroatoms. The molecule has 0 fully saturated rings. The average molecular weight is 802 g/mol. The Morgan fingerprint density at radius 1 is 0.983 bits per heavy atom. The third-order valence-corrected chi connectivity index (χ3v) is 10.4. The van der Waals surface area contributed by atoms with Crippen molar-refractivity contribution in [3.05, 3.63) is 129 Å². The molecule has 4 heterocycles. The number of aryl methyl sites for hydroxylation is 1. The summed E-state index contributed by atoms with van der Waals surface area (Å²) < 4.78 is 18.0. The fraction of sp³-hybridized carbons (Fsp3) is 0.211. The number of oxime groups is 1. The fourth-order valence-corrected chi connectivity index (χ4v) is 7.73. The van der Waals surface area contributed by atoms with Gasteiger partial charge >= 0.3 is 11.9 Å². The van der Waals surface area contributed by atoms with E-state index in [0.29, 0.717) is 33.6 Å². The van der Waals surface area contributed by atoms with Crippen molar-refractivity contribution in [2.75, 3.05) is 0 Å². The Labute approximate surface area is 330 Å². The van der Waals surface area contributed by atoms with Gasteiger partial charge in [-0.2, -0.15) is 0 Å². The summed E-state index contributed by atoms with van der Waals surface area (Å²) in [5, 5.41) is 40.5. The van der Waals surface area contributed by atoms with Crippen LogP contribution in [0.25, 0.3) is 33.4 Å². The lowest BCUT2D eigenvalue weighted by molar-refractivity contribution is -0.393. The lowest BCUT2D eigenvalue weighted by Gasteiger charge is -2.36. The van der Waals surface area contributed by atoms with Gasteiger partial charge in [0.2, 0.25) is 25.4 Å². The number of carbonyl (C=O) groups is 3. The molecule has 5 aromatic rings. The second-order valence-electron chi connectivity index (χ2n) is 14.0. The third kappa shape index (κ3) is 6.01. The molecule has 20 nitrogen and oxygen atoms in total. The van der Waals surface area contributed by atoms with Gasteiger partial charge in [0.25, 0.3) is 22.6 Å². The second kappa shape index (κ2) is 13.7. The first-order valence-corrected chi connectivity index (χ1v) is 17.8. The van der Waals surface area contributed by atoms with E-state index < -0.39 is 73.5 Å². The van der Waals surface area contributed by atoms with Crippen molar-refractivity contribution in [3.63, 3.8) is 0 Å². The van der Waals surface area contributed by atoms with Crippen LogP contribution >= 0.6 is 0 Å². The molecule has 59 heavy (non-hydrogen) atoms. The van der Waals surface area contributed by atoms with E-state index in [1.54, 1.807) is 31.2 Å². The molecule has 0 bridgehead atoms. The summed E-state index contributed by atoms with van der Waals surface area (Å²) in [5.41, 5.74) is -2.46. The van der Waals surface area contributed by atoms with Crippen molar-refractivity contribution in [2.24, 2.45) is 5.16 Å². The lowest BCUT2D eigenvalue weighted by Crippen LogP contribution is -2.48. The van der Waals surface area contributed by atoms with Crippen LogP contribution < -0.4 is 10.3 Å². The topological polar surface area (TPSA) is 265 Å². The second-order valence-corrected chi connectivity index (χ2v) is 14.0. The number of benzene rings is 3. The van der Waals surface area contributed by atoms with Crippen LogP contribution in [0.4, 0.5) is 21.9 Å². The number of esters is 2. The van der Waals surface area contributed by atoms with E-state index in [9.17, 15) is 49.5 Å². The molecule has 2 aliphatic heterocycles. The van der Waals surface area contributed by atoms with Gasteiger partial charge in [-0.1, -0.05) is 12.1 Å². The standard InChI is InChI=1S/C38H27BN6O14/c1-4-38(26-13-29-32-19(14-42(29)34(46)25(26)15-56-36(38)48)8-18-9-22(57-37(39)49)5-6-27(18)40-32)58-35(47)17(3)59-41-33-23-10-20(43(50)51)7-16(2)30(23)31-24(33)11-21(44(52)53)12-28(31)45(54)55/h5-13,17H,4,14-15,39H2,1-3H3/b41-33-/t17-,38-/m0/s1. The van der Waals surface area contributed by atoms with Crippen LogP contribution in [-0.4, -0.2) is 61.8 Å². The third-order valence-electron chi connectivity index (χ3n) is 10.4. The molecule has 2 atom stereocenters. The molecule has 0 spiro atoms. The van der Waals surface area contributed by atoms with Gasteiger partial charge < -0.3 is 23.6 Å². The van der Waals surface area contributed by atoms with E-state index in [-0.39, 0.29) is 57.6 Å². The van der Waals surface area contributed by atoms with Crippen molar-refractivity contribution < 1.29 is 48.2 Å². The first-order chi connectivity index (χ1) is 28.0. The van der Waals surface area contributed by atoms with Crippen LogP contribution in [0.1, 0.15) is 53.6 Å². The Morgan fingerprint density at radius 2 is 1.68 bits per heavy atom. The summed E-state index contributed by atoms with van der Waals surface area (Å²) >= 11 is 0.